The molecule has 0 saturated carbocycles. The summed E-state index contributed by atoms with van der Waals surface area (Å²) in [7, 11) is -2.93. The molecule has 8 heteroatoms. The fourth-order valence-corrected chi connectivity index (χ4v) is 3.45. The normalized spacial score (nSPS) is 12.5. The number of nitrogens with one attached hydrogen (secondary N) is 1. The van der Waals surface area contributed by atoms with Crippen LogP contribution in [-0.2, 0) is 19.6 Å². The molecule has 0 amide bonds. The Morgan fingerprint density at radius 2 is 1.52 bits per heavy atom. The number of aliphatic hydroxyl groups excluding tert-OH is 1. The Balaban J connectivity index is 2.12. The predicted octanol–water partition coefficient (Wildman–Crippen LogP) is 0.873. The molecule has 2 aromatic carbocycles. The minimum absolute atomic E-state index is 0.0782. The van der Waals surface area contributed by atoms with Gasteiger partial charge < -0.3 is 15.6 Å². The Bertz CT molecular complexity index is 1080. The summed E-state index contributed by atoms with van der Waals surface area (Å²) in [6, 6.07) is 11.4. The van der Waals surface area contributed by atoms with Gasteiger partial charge in [-0.1, -0.05) is 11.8 Å². The number of hydrogen-bond donors (Lipinski definition) is 3. The summed E-state index contributed by atoms with van der Waals surface area (Å²) < 4.78 is 31.5. The van der Waals surface area contributed by atoms with Crippen LogP contribution < -0.4 is 10.5 Å². The molecule has 0 fully saturated rings. The van der Waals surface area contributed by atoms with E-state index in [2.05, 4.69) is 33.1 Å². The number of esters is 1. The number of benzene rings is 2. The van der Waals surface area contributed by atoms with Gasteiger partial charge in [-0.05, 0) is 67.3 Å². The molecule has 0 radical (unpaired) electrons. The number of nitrogens with two attached hydrogens (primary N) is 1. The van der Waals surface area contributed by atoms with Gasteiger partial charge in [-0.2, -0.15) is 4.72 Å². The molecule has 0 aliphatic rings. The molecule has 150 valence electrons. The summed E-state index contributed by atoms with van der Waals surface area (Å²) in [6.45, 7) is 1.29. The van der Waals surface area contributed by atoms with Crippen molar-refractivity contribution in [1.82, 2.24) is 4.72 Å². The SMILES string of the molecule is COC(=O)[C@@H](NS(=O)(=O)c1ccc(C#CC#Cc2ccc(N)cc2)cc1)[C@@H](C)O. The third kappa shape index (κ3) is 6.37. The van der Waals surface area contributed by atoms with Gasteiger partial charge in [-0.15, -0.1) is 0 Å². The Morgan fingerprint density at radius 1 is 1.03 bits per heavy atom. The Morgan fingerprint density at radius 3 is 1.97 bits per heavy atom. The van der Waals surface area contributed by atoms with Crippen LogP contribution in [0.25, 0.3) is 0 Å². The molecule has 2 aromatic rings. The highest BCUT2D eigenvalue weighted by Gasteiger charge is 2.30. The van der Waals surface area contributed by atoms with Crippen LogP contribution in [-0.4, -0.2) is 38.7 Å². The fraction of sp³-hybridized carbons (Fsp3) is 0.190. The molecule has 0 aromatic heterocycles. The first-order valence-electron chi connectivity index (χ1n) is 8.49. The third-order valence-electron chi connectivity index (χ3n) is 3.77. The molecule has 0 aliphatic carbocycles. The number of sulfonamides is 1. The molecular formula is C21H20N2O5S. The van der Waals surface area contributed by atoms with Gasteiger partial charge in [0.1, 0.15) is 6.04 Å². The van der Waals surface area contributed by atoms with Gasteiger partial charge in [-0.25, -0.2) is 8.42 Å². The average Bonchev–Trinajstić information content (AvgIpc) is 2.70. The lowest BCUT2D eigenvalue weighted by atomic mass is 10.2. The Labute approximate surface area is 169 Å². The average molecular weight is 412 g/mol. The van der Waals surface area contributed by atoms with Crippen LogP contribution in [0.1, 0.15) is 18.1 Å². The maximum Gasteiger partial charge on any atom is 0.326 e. The van der Waals surface area contributed by atoms with Gasteiger partial charge in [0.25, 0.3) is 0 Å². The minimum atomic E-state index is -4.04. The van der Waals surface area contributed by atoms with Crippen LogP contribution in [0.2, 0.25) is 0 Å². The highest BCUT2D eigenvalue weighted by atomic mass is 32.2. The summed E-state index contributed by atoms with van der Waals surface area (Å²) in [5.74, 6) is 10.2. The van der Waals surface area contributed by atoms with Crippen LogP contribution in [0, 0.1) is 23.7 Å². The van der Waals surface area contributed by atoms with Gasteiger partial charge >= 0.3 is 5.97 Å². The number of aliphatic hydroxyl groups is 1. The molecule has 0 saturated heterocycles. The Kier molecular flexibility index (Phi) is 7.40. The van der Waals surface area contributed by atoms with Gasteiger partial charge in [-0.3, -0.25) is 4.79 Å². The number of ether oxygens (including phenoxy) is 1. The molecule has 0 unspecified atom stereocenters. The summed E-state index contributed by atoms with van der Waals surface area (Å²) in [6.07, 6.45) is -1.26. The number of methoxy groups -OCH3 is 1. The highest BCUT2D eigenvalue weighted by molar-refractivity contribution is 7.89. The van der Waals surface area contributed by atoms with E-state index >= 15 is 0 Å². The number of nitrogen functional groups attached to an aromatic ring is 1. The molecule has 2 atom stereocenters. The van der Waals surface area contributed by atoms with Crippen molar-refractivity contribution in [3.8, 4) is 23.7 Å². The predicted molar refractivity (Wildman–Crippen MR) is 109 cm³/mol. The summed E-state index contributed by atoms with van der Waals surface area (Å²) >= 11 is 0. The fourth-order valence-electron chi connectivity index (χ4n) is 2.20. The second-order valence-electron chi connectivity index (χ2n) is 6.01. The number of carbonyl (C=O) groups is 1. The summed E-state index contributed by atoms with van der Waals surface area (Å²) in [5.41, 5.74) is 7.60. The van der Waals surface area contributed by atoms with Crippen molar-refractivity contribution < 1.29 is 23.1 Å². The van der Waals surface area contributed by atoms with Crippen molar-refractivity contribution in [2.75, 3.05) is 12.8 Å². The Hall–Kier alpha value is -3.30. The van der Waals surface area contributed by atoms with Crippen molar-refractivity contribution in [2.24, 2.45) is 0 Å². The quantitative estimate of drug-likeness (QED) is 0.381. The lowest BCUT2D eigenvalue weighted by molar-refractivity contribution is -0.145. The van der Waals surface area contributed by atoms with Crippen LogP contribution in [0.3, 0.4) is 0 Å². The molecule has 7 nitrogen and oxygen atoms in total. The van der Waals surface area contributed by atoms with E-state index in [1.165, 1.54) is 31.2 Å². The largest absolute Gasteiger partial charge is 0.468 e. The standard InChI is InChI=1S/C21H20N2O5S/c1-15(24)20(21(25)28-2)23-29(26,27)19-13-9-17(10-14-19)6-4-3-5-16-7-11-18(22)12-8-16/h7-15,20,23-24H,22H2,1-2H3/t15-,20+/m1/s1. The number of hydrogen-bond acceptors (Lipinski definition) is 6. The smallest absolute Gasteiger partial charge is 0.326 e. The highest BCUT2D eigenvalue weighted by Crippen LogP contribution is 2.12. The van der Waals surface area contributed by atoms with E-state index in [1.807, 2.05) is 0 Å². The monoisotopic (exact) mass is 412 g/mol. The zero-order chi connectivity index (χ0) is 21.4. The van der Waals surface area contributed by atoms with Crippen molar-refractivity contribution in [3.05, 3.63) is 59.7 Å². The van der Waals surface area contributed by atoms with E-state index in [9.17, 15) is 18.3 Å². The van der Waals surface area contributed by atoms with Gasteiger partial charge in [0.15, 0.2) is 0 Å². The molecule has 0 spiro atoms. The van der Waals surface area contributed by atoms with Crippen LogP contribution in [0.15, 0.2) is 53.4 Å². The van der Waals surface area contributed by atoms with E-state index in [0.29, 0.717) is 11.3 Å². The van der Waals surface area contributed by atoms with Crippen LogP contribution in [0.5, 0.6) is 0 Å². The van der Waals surface area contributed by atoms with E-state index in [-0.39, 0.29) is 4.90 Å². The maximum atomic E-state index is 12.4. The van der Waals surface area contributed by atoms with Gasteiger partial charge in [0.05, 0.1) is 18.1 Å². The zero-order valence-electron chi connectivity index (χ0n) is 15.8. The number of carbonyl (C=O) groups excluding carboxylic acids is 1. The minimum Gasteiger partial charge on any atom is -0.468 e. The van der Waals surface area contributed by atoms with E-state index in [1.54, 1.807) is 24.3 Å². The van der Waals surface area contributed by atoms with Crippen molar-refractivity contribution in [3.63, 3.8) is 0 Å². The van der Waals surface area contributed by atoms with E-state index < -0.39 is 28.1 Å². The second kappa shape index (κ2) is 9.76. The lowest BCUT2D eigenvalue weighted by Crippen LogP contribution is -2.48. The molecule has 0 aliphatic heterocycles. The van der Waals surface area contributed by atoms with Crippen molar-refractivity contribution in [1.29, 1.82) is 0 Å². The topological polar surface area (TPSA) is 119 Å². The van der Waals surface area contributed by atoms with E-state index in [0.717, 1.165) is 12.7 Å². The van der Waals surface area contributed by atoms with Gasteiger partial charge in [0, 0.05) is 16.8 Å². The van der Waals surface area contributed by atoms with Crippen molar-refractivity contribution in [2.45, 2.75) is 24.0 Å². The summed E-state index contributed by atoms with van der Waals surface area (Å²) in [4.78, 5) is 11.6. The molecule has 2 rings (SSSR count). The number of anilines is 1. The first-order chi connectivity index (χ1) is 13.7. The molecular weight excluding hydrogens is 392 g/mol. The molecule has 0 bridgehead atoms. The molecule has 29 heavy (non-hydrogen) atoms. The second-order valence-corrected chi connectivity index (χ2v) is 7.72. The van der Waals surface area contributed by atoms with Gasteiger partial charge in [0.2, 0.25) is 10.0 Å². The first-order valence-corrected chi connectivity index (χ1v) is 9.97. The summed E-state index contributed by atoms with van der Waals surface area (Å²) in [5, 5.41) is 9.62. The van der Waals surface area contributed by atoms with Crippen LogP contribution >= 0.6 is 0 Å². The van der Waals surface area contributed by atoms with Crippen LogP contribution in [0.4, 0.5) is 5.69 Å². The zero-order valence-corrected chi connectivity index (χ0v) is 16.7. The number of rotatable bonds is 5. The molecule has 0 heterocycles. The third-order valence-corrected chi connectivity index (χ3v) is 5.23. The van der Waals surface area contributed by atoms with Crippen molar-refractivity contribution >= 4 is 21.7 Å². The lowest BCUT2D eigenvalue weighted by Gasteiger charge is -2.18. The van der Waals surface area contributed by atoms with E-state index in [4.69, 9.17) is 5.73 Å². The molecule has 4 N–H and O–H groups in total. The first kappa shape index (κ1) is 22.0. The maximum absolute atomic E-state index is 12.4.